The highest BCUT2D eigenvalue weighted by Crippen LogP contribution is 2.27. The molecule has 1 aromatic carbocycles. The molecule has 0 aromatic heterocycles. The average Bonchev–Trinajstić information content (AvgIpc) is 2.78. The number of methoxy groups -OCH3 is 1. The van der Waals surface area contributed by atoms with Crippen molar-refractivity contribution in [2.24, 2.45) is 0 Å². The van der Waals surface area contributed by atoms with E-state index in [1.165, 1.54) is 7.11 Å². The quantitative estimate of drug-likeness (QED) is 0.769. The fourth-order valence-corrected chi connectivity index (χ4v) is 2.10. The summed E-state index contributed by atoms with van der Waals surface area (Å²) in [5, 5.41) is 9.21. The lowest BCUT2D eigenvalue weighted by molar-refractivity contribution is -0.141. The lowest BCUT2D eigenvalue weighted by Crippen LogP contribution is -2.36. The van der Waals surface area contributed by atoms with Crippen molar-refractivity contribution in [2.45, 2.75) is 18.9 Å². The van der Waals surface area contributed by atoms with Crippen LogP contribution in [0.5, 0.6) is 5.75 Å². The van der Waals surface area contributed by atoms with E-state index in [0.29, 0.717) is 0 Å². The van der Waals surface area contributed by atoms with Crippen LogP contribution in [0.15, 0.2) is 24.3 Å². The number of esters is 1. The van der Waals surface area contributed by atoms with Gasteiger partial charge in [0.05, 0.1) is 7.11 Å². The highest BCUT2D eigenvalue weighted by molar-refractivity contribution is 5.80. The van der Waals surface area contributed by atoms with Crippen molar-refractivity contribution >= 4 is 11.7 Å². The van der Waals surface area contributed by atoms with Gasteiger partial charge >= 0.3 is 5.97 Å². The molecule has 4 heteroatoms. The van der Waals surface area contributed by atoms with Crippen molar-refractivity contribution in [2.75, 3.05) is 18.6 Å². The van der Waals surface area contributed by atoms with Crippen LogP contribution in [0, 0.1) is 0 Å². The minimum Gasteiger partial charge on any atom is -0.508 e. The zero-order valence-electron chi connectivity index (χ0n) is 9.22. The second kappa shape index (κ2) is 4.43. The number of carbonyl (C=O) groups is 1. The molecule has 1 aromatic rings. The number of nitrogens with zero attached hydrogens (tertiary/aromatic N) is 1. The Morgan fingerprint density at radius 1 is 1.44 bits per heavy atom. The number of phenolic OH excluding ortho intramolecular Hbond substituents is 1. The zero-order chi connectivity index (χ0) is 11.5. The first-order valence-electron chi connectivity index (χ1n) is 5.36. The number of phenols is 1. The van der Waals surface area contributed by atoms with Gasteiger partial charge in [-0.1, -0.05) is 0 Å². The Labute approximate surface area is 94.4 Å². The summed E-state index contributed by atoms with van der Waals surface area (Å²) in [5.74, 6) is 0.0446. The van der Waals surface area contributed by atoms with E-state index < -0.39 is 0 Å². The van der Waals surface area contributed by atoms with Crippen molar-refractivity contribution in [1.29, 1.82) is 0 Å². The molecule has 1 saturated heterocycles. The van der Waals surface area contributed by atoms with Crippen LogP contribution in [0.1, 0.15) is 12.8 Å². The Balaban J connectivity index is 2.19. The third-order valence-electron chi connectivity index (χ3n) is 2.91. The van der Waals surface area contributed by atoms with Crippen LogP contribution in [0.2, 0.25) is 0 Å². The smallest absolute Gasteiger partial charge is 0.328 e. The maximum absolute atomic E-state index is 11.6. The molecule has 1 heterocycles. The van der Waals surface area contributed by atoms with Crippen LogP contribution >= 0.6 is 0 Å². The molecule has 16 heavy (non-hydrogen) atoms. The number of carbonyl (C=O) groups excluding carboxylic acids is 1. The largest absolute Gasteiger partial charge is 0.508 e. The normalized spacial score (nSPS) is 19.8. The van der Waals surface area contributed by atoms with Crippen molar-refractivity contribution in [1.82, 2.24) is 0 Å². The van der Waals surface area contributed by atoms with Gasteiger partial charge in [0, 0.05) is 12.2 Å². The van der Waals surface area contributed by atoms with Gasteiger partial charge in [0.25, 0.3) is 0 Å². The van der Waals surface area contributed by atoms with Crippen molar-refractivity contribution in [3.05, 3.63) is 24.3 Å². The van der Waals surface area contributed by atoms with Gasteiger partial charge < -0.3 is 14.7 Å². The maximum Gasteiger partial charge on any atom is 0.328 e. The molecule has 0 saturated carbocycles. The predicted octanol–water partition coefficient (Wildman–Crippen LogP) is 1.53. The third-order valence-corrected chi connectivity index (χ3v) is 2.91. The molecule has 1 aliphatic heterocycles. The Bertz CT molecular complexity index is 374. The van der Waals surface area contributed by atoms with Crippen LogP contribution in [-0.4, -0.2) is 30.8 Å². The summed E-state index contributed by atoms with van der Waals surface area (Å²) in [5.41, 5.74) is 0.950. The first-order valence-corrected chi connectivity index (χ1v) is 5.36. The van der Waals surface area contributed by atoms with E-state index in [-0.39, 0.29) is 17.8 Å². The summed E-state index contributed by atoms with van der Waals surface area (Å²) in [6, 6.07) is 6.70. The Kier molecular flexibility index (Phi) is 2.99. The molecule has 0 unspecified atom stereocenters. The van der Waals surface area contributed by atoms with Gasteiger partial charge in [0.1, 0.15) is 11.8 Å². The number of hydrogen-bond donors (Lipinski definition) is 1. The third kappa shape index (κ3) is 1.96. The molecule has 4 nitrogen and oxygen atoms in total. The number of hydrogen-bond acceptors (Lipinski definition) is 4. The topological polar surface area (TPSA) is 49.8 Å². The van der Waals surface area contributed by atoms with E-state index in [4.69, 9.17) is 4.74 Å². The molecule has 1 atom stereocenters. The molecule has 0 bridgehead atoms. The van der Waals surface area contributed by atoms with E-state index in [2.05, 4.69) is 0 Å². The molecule has 0 spiro atoms. The Morgan fingerprint density at radius 3 is 2.75 bits per heavy atom. The van der Waals surface area contributed by atoms with Crippen LogP contribution in [-0.2, 0) is 9.53 Å². The number of anilines is 1. The molecular weight excluding hydrogens is 206 g/mol. The number of benzene rings is 1. The highest BCUT2D eigenvalue weighted by atomic mass is 16.5. The second-order valence-corrected chi connectivity index (χ2v) is 3.89. The lowest BCUT2D eigenvalue weighted by atomic mass is 10.2. The van der Waals surface area contributed by atoms with Gasteiger partial charge in [0.2, 0.25) is 0 Å². The Morgan fingerprint density at radius 2 is 2.12 bits per heavy atom. The summed E-state index contributed by atoms with van der Waals surface area (Å²) in [7, 11) is 1.41. The molecule has 1 N–H and O–H groups in total. The van der Waals surface area contributed by atoms with Crippen molar-refractivity contribution < 1.29 is 14.6 Å². The molecule has 86 valence electrons. The van der Waals surface area contributed by atoms with Crippen LogP contribution < -0.4 is 4.90 Å². The molecule has 2 rings (SSSR count). The summed E-state index contributed by atoms with van der Waals surface area (Å²) in [4.78, 5) is 13.6. The van der Waals surface area contributed by atoms with Crippen LogP contribution in [0.4, 0.5) is 5.69 Å². The molecular formula is C12H15NO3. The average molecular weight is 221 g/mol. The van der Waals surface area contributed by atoms with E-state index in [1.54, 1.807) is 12.1 Å². The van der Waals surface area contributed by atoms with Gasteiger partial charge in [-0.05, 0) is 37.1 Å². The van der Waals surface area contributed by atoms with Crippen LogP contribution in [0.3, 0.4) is 0 Å². The van der Waals surface area contributed by atoms with Crippen molar-refractivity contribution in [3.63, 3.8) is 0 Å². The zero-order valence-corrected chi connectivity index (χ0v) is 9.22. The predicted molar refractivity (Wildman–Crippen MR) is 60.5 cm³/mol. The fraction of sp³-hybridized carbons (Fsp3) is 0.417. The fourth-order valence-electron chi connectivity index (χ4n) is 2.10. The Hall–Kier alpha value is -1.71. The minimum absolute atomic E-state index is 0.186. The SMILES string of the molecule is COC(=O)[C@@H]1CCCN1c1ccc(O)cc1. The molecule has 1 aliphatic rings. The first-order chi connectivity index (χ1) is 7.72. The lowest BCUT2D eigenvalue weighted by Gasteiger charge is -2.24. The monoisotopic (exact) mass is 221 g/mol. The van der Waals surface area contributed by atoms with Gasteiger partial charge in [-0.15, -0.1) is 0 Å². The highest BCUT2D eigenvalue weighted by Gasteiger charge is 2.31. The molecule has 0 aliphatic carbocycles. The maximum atomic E-state index is 11.6. The first kappa shape index (κ1) is 10.8. The van der Waals surface area contributed by atoms with Gasteiger partial charge in [-0.3, -0.25) is 0 Å². The summed E-state index contributed by atoms with van der Waals surface area (Å²) >= 11 is 0. The molecule has 0 amide bonds. The van der Waals surface area contributed by atoms with Gasteiger partial charge in [-0.25, -0.2) is 4.79 Å². The molecule has 1 fully saturated rings. The minimum atomic E-state index is -0.189. The second-order valence-electron chi connectivity index (χ2n) is 3.89. The molecule has 0 radical (unpaired) electrons. The summed E-state index contributed by atoms with van der Waals surface area (Å²) in [6.45, 7) is 0.852. The number of aromatic hydroxyl groups is 1. The number of rotatable bonds is 2. The summed E-state index contributed by atoms with van der Waals surface area (Å²) < 4.78 is 4.78. The van der Waals surface area contributed by atoms with E-state index >= 15 is 0 Å². The van der Waals surface area contributed by atoms with Gasteiger partial charge in [0.15, 0.2) is 0 Å². The summed E-state index contributed by atoms with van der Waals surface area (Å²) in [6.07, 6.45) is 1.81. The van der Waals surface area contributed by atoms with Crippen molar-refractivity contribution in [3.8, 4) is 5.75 Å². The number of ether oxygens (including phenoxy) is 1. The van der Waals surface area contributed by atoms with Gasteiger partial charge in [-0.2, -0.15) is 0 Å². The van der Waals surface area contributed by atoms with E-state index in [0.717, 1.165) is 25.1 Å². The van der Waals surface area contributed by atoms with E-state index in [1.807, 2.05) is 17.0 Å². The van der Waals surface area contributed by atoms with Crippen LogP contribution in [0.25, 0.3) is 0 Å². The standard InChI is InChI=1S/C12H15NO3/c1-16-12(15)11-3-2-8-13(11)9-4-6-10(14)7-5-9/h4-7,11,14H,2-3,8H2,1H3/t11-/m0/s1. The van der Waals surface area contributed by atoms with E-state index in [9.17, 15) is 9.90 Å².